The molecule has 0 unspecified atom stereocenters. The highest BCUT2D eigenvalue weighted by Crippen LogP contribution is 2.33. The molecule has 0 radical (unpaired) electrons. The summed E-state index contributed by atoms with van der Waals surface area (Å²) in [4.78, 5) is 25.5. The molecule has 0 aliphatic heterocycles. The lowest BCUT2D eigenvalue weighted by atomic mass is 10.0. The minimum atomic E-state index is -0.462. The normalized spacial score (nSPS) is 10.8. The number of carbonyl (C=O) groups excluding carboxylic acids is 1. The van der Waals surface area contributed by atoms with Crippen molar-refractivity contribution in [3.8, 4) is 34.3 Å². The Labute approximate surface area is 194 Å². The molecule has 0 atom stereocenters. The Morgan fingerprint density at radius 1 is 0.971 bits per heavy atom. The van der Waals surface area contributed by atoms with Crippen LogP contribution < -0.4 is 24.4 Å². The van der Waals surface area contributed by atoms with Crippen molar-refractivity contribution in [2.75, 3.05) is 21.3 Å². The summed E-state index contributed by atoms with van der Waals surface area (Å²) < 4.78 is 32.0. The smallest absolute Gasteiger partial charge is 0.311 e. The monoisotopic (exact) mass is 465 g/mol. The van der Waals surface area contributed by atoms with Gasteiger partial charge in [0.05, 0.1) is 38.7 Å². The van der Waals surface area contributed by atoms with Crippen LogP contribution in [0.2, 0.25) is 0 Å². The van der Waals surface area contributed by atoms with E-state index in [2.05, 4.69) is 5.16 Å². The van der Waals surface area contributed by atoms with Gasteiger partial charge >= 0.3 is 5.97 Å². The largest absolute Gasteiger partial charge is 0.493 e. The molecule has 0 saturated heterocycles. The molecule has 2 aromatic heterocycles. The third kappa shape index (κ3) is 4.59. The molecule has 0 bridgehead atoms. The molecular weight excluding hydrogens is 442 g/mol. The topological polar surface area (TPSA) is 110 Å². The zero-order chi connectivity index (χ0) is 24.2. The maximum absolute atomic E-state index is 13.3. The van der Waals surface area contributed by atoms with Gasteiger partial charge in [0.1, 0.15) is 22.9 Å². The van der Waals surface area contributed by atoms with Crippen LogP contribution in [0.4, 0.5) is 0 Å². The molecule has 34 heavy (non-hydrogen) atoms. The molecular formula is C25H23NO8. The number of esters is 1. The second-order valence-corrected chi connectivity index (χ2v) is 7.40. The van der Waals surface area contributed by atoms with Crippen LogP contribution in [0.3, 0.4) is 0 Å². The third-order valence-corrected chi connectivity index (χ3v) is 5.27. The average Bonchev–Trinajstić information content (AvgIpc) is 3.30. The van der Waals surface area contributed by atoms with Gasteiger partial charge in [0, 0.05) is 18.6 Å². The van der Waals surface area contributed by atoms with Gasteiger partial charge in [0.25, 0.3) is 5.88 Å². The minimum Gasteiger partial charge on any atom is -0.493 e. The highest BCUT2D eigenvalue weighted by Gasteiger charge is 2.17. The van der Waals surface area contributed by atoms with Crippen molar-refractivity contribution in [3.63, 3.8) is 0 Å². The quantitative estimate of drug-likeness (QED) is 0.277. The van der Waals surface area contributed by atoms with Gasteiger partial charge in [0.15, 0.2) is 11.5 Å². The SMILES string of the molecule is COc1cc(CCC(=O)Oc2ccc3c(=O)c(-c4ccc(OC)c(OC)c4)c(C)oc3c2)on1. The Bertz CT molecular complexity index is 1400. The van der Waals surface area contributed by atoms with Crippen molar-refractivity contribution in [2.45, 2.75) is 19.8 Å². The van der Waals surface area contributed by atoms with Crippen molar-refractivity contribution >= 4 is 16.9 Å². The lowest BCUT2D eigenvalue weighted by Gasteiger charge is -2.12. The first kappa shape index (κ1) is 22.9. The maximum atomic E-state index is 13.3. The number of carbonyl (C=O) groups is 1. The number of fused-ring (bicyclic) bond motifs is 1. The number of hydrogen-bond acceptors (Lipinski definition) is 9. The number of methoxy groups -OCH3 is 3. The van der Waals surface area contributed by atoms with Crippen molar-refractivity contribution in [1.29, 1.82) is 0 Å². The van der Waals surface area contributed by atoms with E-state index in [0.717, 1.165) is 0 Å². The fourth-order valence-electron chi connectivity index (χ4n) is 3.59. The molecule has 4 rings (SSSR count). The van der Waals surface area contributed by atoms with Crippen LogP contribution in [0.5, 0.6) is 23.1 Å². The molecule has 0 N–H and O–H groups in total. The summed E-state index contributed by atoms with van der Waals surface area (Å²) in [6, 6.07) is 11.5. The van der Waals surface area contributed by atoms with Crippen molar-refractivity contribution in [3.05, 3.63) is 64.2 Å². The second kappa shape index (κ2) is 9.70. The van der Waals surface area contributed by atoms with E-state index >= 15 is 0 Å². The van der Waals surface area contributed by atoms with E-state index in [1.807, 2.05) is 0 Å². The van der Waals surface area contributed by atoms with E-state index in [9.17, 15) is 9.59 Å². The Morgan fingerprint density at radius 2 is 1.76 bits per heavy atom. The number of aromatic nitrogens is 1. The summed E-state index contributed by atoms with van der Waals surface area (Å²) in [5.74, 6) is 2.15. The van der Waals surface area contributed by atoms with Gasteiger partial charge in [0.2, 0.25) is 5.43 Å². The molecule has 0 spiro atoms. The first-order valence-electron chi connectivity index (χ1n) is 10.4. The van der Waals surface area contributed by atoms with E-state index in [1.54, 1.807) is 50.4 Å². The summed E-state index contributed by atoms with van der Waals surface area (Å²) in [5, 5.41) is 4.05. The van der Waals surface area contributed by atoms with Gasteiger partial charge in [-0.25, -0.2) is 0 Å². The Kier molecular flexibility index (Phi) is 6.53. The van der Waals surface area contributed by atoms with Crippen LogP contribution in [-0.2, 0) is 11.2 Å². The van der Waals surface area contributed by atoms with Crippen LogP contribution in [0.15, 0.2) is 56.2 Å². The Morgan fingerprint density at radius 3 is 2.47 bits per heavy atom. The van der Waals surface area contributed by atoms with Gasteiger partial charge in [-0.15, -0.1) is 0 Å². The van der Waals surface area contributed by atoms with Gasteiger partial charge in [-0.2, -0.15) is 0 Å². The fourth-order valence-corrected chi connectivity index (χ4v) is 3.59. The number of hydrogen-bond donors (Lipinski definition) is 0. The second-order valence-electron chi connectivity index (χ2n) is 7.40. The Balaban J connectivity index is 1.57. The van der Waals surface area contributed by atoms with E-state index in [1.165, 1.54) is 20.3 Å². The summed E-state index contributed by atoms with van der Waals surface area (Å²) in [7, 11) is 4.55. The number of nitrogens with zero attached hydrogens (tertiary/aromatic N) is 1. The van der Waals surface area contributed by atoms with Crippen molar-refractivity contribution in [2.24, 2.45) is 0 Å². The number of aryl methyl sites for hydroxylation is 2. The van der Waals surface area contributed by atoms with E-state index < -0.39 is 5.97 Å². The average molecular weight is 465 g/mol. The van der Waals surface area contributed by atoms with Crippen LogP contribution >= 0.6 is 0 Å². The zero-order valence-electron chi connectivity index (χ0n) is 19.2. The summed E-state index contributed by atoms with van der Waals surface area (Å²) in [6.45, 7) is 1.71. The lowest BCUT2D eigenvalue weighted by molar-refractivity contribution is -0.134. The molecule has 4 aromatic rings. The zero-order valence-corrected chi connectivity index (χ0v) is 19.2. The van der Waals surface area contributed by atoms with Gasteiger partial charge in [-0.05, 0) is 41.9 Å². The molecule has 2 aromatic carbocycles. The van der Waals surface area contributed by atoms with E-state index in [0.29, 0.717) is 57.4 Å². The van der Waals surface area contributed by atoms with Gasteiger partial charge in [-0.1, -0.05) is 6.07 Å². The number of rotatable bonds is 8. The fraction of sp³-hybridized carbons (Fsp3) is 0.240. The van der Waals surface area contributed by atoms with Crippen LogP contribution in [0.25, 0.3) is 22.1 Å². The molecule has 0 saturated carbocycles. The molecule has 0 aliphatic carbocycles. The molecule has 2 heterocycles. The lowest BCUT2D eigenvalue weighted by Crippen LogP contribution is -2.10. The molecule has 176 valence electrons. The van der Waals surface area contributed by atoms with Crippen LogP contribution in [0, 0.1) is 6.92 Å². The highest BCUT2D eigenvalue weighted by molar-refractivity contribution is 5.85. The van der Waals surface area contributed by atoms with E-state index in [4.69, 9.17) is 27.9 Å². The van der Waals surface area contributed by atoms with Gasteiger partial charge in [-0.3, -0.25) is 9.59 Å². The molecule has 0 fully saturated rings. The van der Waals surface area contributed by atoms with Crippen LogP contribution in [0.1, 0.15) is 17.9 Å². The van der Waals surface area contributed by atoms with Crippen LogP contribution in [-0.4, -0.2) is 32.5 Å². The predicted octanol–water partition coefficient (Wildman–Crippen LogP) is 4.32. The standard InChI is InChI=1S/C25H23NO8/c1-14-24(15-5-9-19(29-2)21(11-15)30-3)25(28)18-8-6-16(12-20(18)32-14)33-23(27)10-7-17-13-22(31-4)26-34-17/h5-6,8-9,11-13H,7,10H2,1-4H3. The van der Waals surface area contributed by atoms with E-state index in [-0.39, 0.29) is 17.6 Å². The Hall–Kier alpha value is -4.27. The summed E-state index contributed by atoms with van der Waals surface area (Å²) in [5.41, 5.74) is 1.17. The first-order valence-corrected chi connectivity index (χ1v) is 10.4. The first-order chi connectivity index (χ1) is 16.4. The summed E-state index contributed by atoms with van der Waals surface area (Å²) >= 11 is 0. The predicted molar refractivity (Wildman–Crippen MR) is 123 cm³/mol. The number of ether oxygens (including phenoxy) is 4. The van der Waals surface area contributed by atoms with Crippen molar-refractivity contribution in [1.82, 2.24) is 5.16 Å². The third-order valence-electron chi connectivity index (χ3n) is 5.27. The van der Waals surface area contributed by atoms with Gasteiger partial charge < -0.3 is 27.9 Å². The molecule has 9 nitrogen and oxygen atoms in total. The summed E-state index contributed by atoms with van der Waals surface area (Å²) in [6.07, 6.45) is 0.392. The minimum absolute atomic E-state index is 0.0810. The maximum Gasteiger partial charge on any atom is 0.311 e. The molecule has 0 aliphatic rings. The molecule has 9 heteroatoms. The van der Waals surface area contributed by atoms with Crippen molar-refractivity contribution < 1.29 is 32.7 Å². The molecule has 0 amide bonds. The highest BCUT2D eigenvalue weighted by atomic mass is 16.5. The number of benzene rings is 2.